The second-order valence-electron chi connectivity index (χ2n) is 4.28. The molecule has 2 aromatic rings. The van der Waals surface area contributed by atoms with Crippen molar-refractivity contribution in [3.05, 3.63) is 44.2 Å². The summed E-state index contributed by atoms with van der Waals surface area (Å²) in [4.78, 5) is 12.0. The molecule has 0 saturated heterocycles. The molecule has 0 saturated carbocycles. The number of hydrogen-bond donors (Lipinski definition) is 0. The van der Waals surface area contributed by atoms with Gasteiger partial charge in [0, 0.05) is 5.39 Å². The van der Waals surface area contributed by atoms with Gasteiger partial charge in [-0.25, -0.2) is 0 Å². The summed E-state index contributed by atoms with van der Waals surface area (Å²) in [6, 6.07) is 3.91. The fraction of sp³-hybridized carbons (Fsp3) is 0.308. The summed E-state index contributed by atoms with van der Waals surface area (Å²) in [5.41, 5.74) is 2.46. The zero-order valence-corrected chi connectivity index (χ0v) is 11.1. The van der Waals surface area contributed by atoms with E-state index in [0.717, 1.165) is 16.5 Å². The average Bonchev–Trinajstić information content (AvgIpc) is 2.51. The number of furan rings is 1. The van der Waals surface area contributed by atoms with Gasteiger partial charge >= 0.3 is 0 Å². The molecule has 0 aliphatic heterocycles. The van der Waals surface area contributed by atoms with E-state index in [1.165, 1.54) is 0 Å². The first kappa shape index (κ1) is 11.4. The van der Waals surface area contributed by atoms with Gasteiger partial charge in [0.05, 0.1) is 10.7 Å². The van der Waals surface area contributed by atoms with Crippen molar-refractivity contribution in [2.45, 2.75) is 26.7 Å². The van der Waals surface area contributed by atoms with Crippen molar-refractivity contribution < 1.29 is 4.42 Å². The topological polar surface area (TPSA) is 30.2 Å². The Kier molecular flexibility index (Phi) is 2.89. The summed E-state index contributed by atoms with van der Waals surface area (Å²) in [6.45, 7) is 6.16. The van der Waals surface area contributed by atoms with E-state index in [-0.39, 0.29) is 5.43 Å². The maximum atomic E-state index is 12.0. The van der Waals surface area contributed by atoms with E-state index in [1.807, 2.05) is 19.1 Å². The lowest BCUT2D eigenvalue weighted by atomic mass is 10.0. The van der Waals surface area contributed by atoms with Gasteiger partial charge in [0.2, 0.25) is 5.43 Å². The van der Waals surface area contributed by atoms with Gasteiger partial charge in [-0.15, -0.1) is 0 Å². The van der Waals surface area contributed by atoms with Crippen LogP contribution in [-0.2, 0) is 0 Å². The molecule has 0 fully saturated rings. The molecular weight excluding hydrogens is 268 g/mol. The van der Waals surface area contributed by atoms with Gasteiger partial charge in [0.15, 0.2) is 5.58 Å². The number of hydrogen-bond acceptors (Lipinski definition) is 2. The minimum absolute atomic E-state index is 0.0880. The van der Waals surface area contributed by atoms with Gasteiger partial charge in [-0.05, 0) is 52.0 Å². The second-order valence-corrected chi connectivity index (χ2v) is 5.14. The van der Waals surface area contributed by atoms with Crippen LogP contribution in [0.4, 0.5) is 0 Å². The lowest BCUT2D eigenvalue weighted by molar-refractivity contribution is 0.610. The highest BCUT2D eigenvalue weighted by molar-refractivity contribution is 9.10. The molecule has 0 aliphatic carbocycles. The van der Waals surface area contributed by atoms with E-state index in [0.29, 0.717) is 16.0 Å². The second kappa shape index (κ2) is 4.06. The molecule has 0 spiro atoms. The van der Waals surface area contributed by atoms with Crippen LogP contribution in [0, 0.1) is 6.92 Å². The number of rotatable bonds is 1. The van der Waals surface area contributed by atoms with E-state index in [2.05, 4.69) is 29.8 Å². The highest BCUT2D eigenvalue weighted by atomic mass is 79.9. The maximum absolute atomic E-state index is 12.0. The van der Waals surface area contributed by atoms with Gasteiger partial charge < -0.3 is 4.42 Å². The zero-order chi connectivity index (χ0) is 11.9. The highest BCUT2D eigenvalue weighted by Crippen LogP contribution is 2.24. The van der Waals surface area contributed by atoms with E-state index in [9.17, 15) is 4.79 Å². The molecule has 0 amide bonds. The Labute approximate surface area is 102 Å². The van der Waals surface area contributed by atoms with Crippen LogP contribution in [-0.4, -0.2) is 0 Å². The molecule has 2 nitrogen and oxygen atoms in total. The third-order valence-corrected chi connectivity index (χ3v) is 3.31. The highest BCUT2D eigenvalue weighted by Gasteiger charge is 2.10. The maximum Gasteiger partial charge on any atom is 0.235 e. The number of halogens is 1. The Bertz CT molecular complexity index is 597. The summed E-state index contributed by atoms with van der Waals surface area (Å²) in [7, 11) is 0. The average molecular weight is 281 g/mol. The summed E-state index contributed by atoms with van der Waals surface area (Å²) in [6.07, 6.45) is 1.63. The van der Waals surface area contributed by atoms with Gasteiger partial charge in [0.25, 0.3) is 0 Å². The quantitative estimate of drug-likeness (QED) is 0.791. The van der Waals surface area contributed by atoms with Crippen molar-refractivity contribution >= 4 is 26.9 Å². The van der Waals surface area contributed by atoms with Crippen molar-refractivity contribution in [2.24, 2.45) is 0 Å². The van der Waals surface area contributed by atoms with Crippen LogP contribution < -0.4 is 5.43 Å². The van der Waals surface area contributed by atoms with Gasteiger partial charge in [-0.2, -0.15) is 0 Å². The Hall–Kier alpha value is -1.09. The molecule has 3 heteroatoms. The Morgan fingerprint density at radius 3 is 2.62 bits per heavy atom. The van der Waals surface area contributed by atoms with Crippen LogP contribution in [0.2, 0.25) is 0 Å². The van der Waals surface area contributed by atoms with E-state index in [1.54, 1.807) is 6.26 Å². The molecule has 0 aliphatic rings. The first-order chi connectivity index (χ1) is 7.50. The zero-order valence-electron chi connectivity index (χ0n) is 9.50. The minimum atomic E-state index is -0.0880. The molecule has 16 heavy (non-hydrogen) atoms. The first-order valence-corrected chi connectivity index (χ1v) is 6.01. The lowest BCUT2D eigenvalue weighted by Gasteiger charge is -2.01. The standard InChI is InChI=1S/C13H13BrO2/c1-7(2)9-4-10-8(3)6-16-13(10)12(15)11(14)5-9/h4-7H,1-3H3. The molecule has 0 bridgehead atoms. The minimum Gasteiger partial charge on any atom is -0.460 e. The predicted molar refractivity (Wildman–Crippen MR) is 69.0 cm³/mol. The van der Waals surface area contributed by atoms with Crippen molar-refractivity contribution in [1.29, 1.82) is 0 Å². The SMILES string of the molecule is Cc1coc2c(=O)c(Br)cc(C(C)C)cc12. The van der Waals surface area contributed by atoms with Crippen LogP contribution in [0.25, 0.3) is 11.0 Å². The molecule has 0 atom stereocenters. The molecular formula is C13H13BrO2. The first-order valence-electron chi connectivity index (χ1n) is 5.22. The van der Waals surface area contributed by atoms with Crippen LogP contribution >= 0.6 is 15.9 Å². The van der Waals surface area contributed by atoms with Crippen LogP contribution in [0.15, 0.2) is 32.1 Å². The molecule has 1 aromatic heterocycles. The Morgan fingerprint density at radius 1 is 1.31 bits per heavy atom. The number of aryl methyl sites for hydroxylation is 1. The summed E-state index contributed by atoms with van der Waals surface area (Å²) in [5, 5.41) is 0.902. The summed E-state index contributed by atoms with van der Waals surface area (Å²) >= 11 is 3.30. The molecule has 84 valence electrons. The largest absolute Gasteiger partial charge is 0.460 e. The third-order valence-electron chi connectivity index (χ3n) is 2.72. The number of fused-ring (bicyclic) bond motifs is 1. The fourth-order valence-corrected chi connectivity index (χ4v) is 2.11. The van der Waals surface area contributed by atoms with Crippen LogP contribution in [0.3, 0.4) is 0 Å². The Balaban J connectivity index is 2.97. The normalized spacial score (nSPS) is 11.3. The molecule has 1 heterocycles. The molecule has 0 N–H and O–H groups in total. The molecule has 2 rings (SSSR count). The monoisotopic (exact) mass is 280 g/mol. The smallest absolute Gasteiger partial charge is 0.235 e. The van der Waals surface area contributed by atoms with Crippen molar-refractivity contribution in [3.63, 3.8) is 0 Å². The van der Waals surface area contributed by atoms with Gasteiger partial charge in [-0.3, -0.25) is 4.79 Å². The van der Waals surface area contributed by atoms with Crippen LogP contribution in [0.5, 0.6) is 0 Å². The van der Waals surface area contributed by atoms with Gasteiger partial charge in [0.1, 0.15) is 0 Å². The van der Waals surface area contributed by atoms with Crippen molar-refractivity contribution in [3.8, 4) is 0 Å². The molecule has 0 radical (unpaired) electrons. The predicted octanol–water partition coefficient (Wildman–Crippen LogP) is 3.99. The summed E-state index contributed by atoms with van der Waals surface area (Å²) in [5.74, 6) is 0.376. The van der Waals surface area contributed by atoms with Gasteiger partial charge in [-0.1, -0.05) is 13.8 Å². The molecule has 0 unspecified atom stereocenters. The van der Waals surface area contributed by atoms with Crippen molar-refractivity contribution in [1.82, 2.24) is 0 Å². The summed E-state index contributed by atoms with van der Waals surface area (Å²) < 4.78 is 5.87. The third kappa shape index (κ3) is 1.80. The fourth-order valence-electron chi connectivity index (χ4n) is 1.67. The lowest BCUT2D eigenvalue weighted by Crippen LogP contribution is -1.96. The van der Waals surface area contributed by atoms with E-state index < -0.39 is 0 Å². The molecule has 1 aromatic carbocycles. The van der Waals surface area contributed by atoms with E-state index in [4.69, 9.17) is 4.42 Å². The van der Waals surface area contributed by atoms with Crippen LogP contribution in [0.1, 0.15) is 30.9 Å². The van der Waals surface area contributed by atoms with Crippen molar-refractivity contribution in [2.75, 3.05) is 0 Å². The van der Waals surface area contributed by atoms with E-state index >= 15 is 0 Å². The Morgan fingerprint density at radius 2 is 2.00 bits per heavy atom.